The molecule has 0 saturated heterocycles. The molecule has 4 nitrogen and oxygen atoms in total. The van der Waals surface area contributed by atoms with Crippen molar-refractivity contribution in [2.75, 3.05) is 5.73 Å². The number of hydrogen-bond donors (Lipinski definition) is 2. The van der Waals surface area contributed by atoms with Crippen molar-refractivity contribution in [2.45, 2.75) is 19.9 Å². The van der Waals surface area contributed by atoms with E-state index in [1.54, 1.807) is 0 Å². The number of thiazole rings is 1. The highest BCUT2D eigenvalue weighted by Gasteiger charge is 2.14. The van der Waals surface area contributed by atoms with E-state index in [2.05, 4.69) is 10.3 Å². The molecule has 1 aromatic rings. The lowest BCUT2D eigenvalue weighted by molar-refractivity contribution is 0.0943. The van der Waals surface area contributed by atoms with Crippen LogP contribution in [0.25, 0.3) is 0 Å². The molecule has 0 aliphatic heterocycles. The van der Waals surface area contributed by atoms with E-state index in [9.17, 15) is 4.79 Å². The van der Waals surface area contributed by atoms with Crippen molar-refractivity contribution >= 4 is 33.8 Å². The Morgan fingerprint density at radius 2 is 2.31 bits per heavy atom. The fraction of sp³-hybridized carbons (Fsp3) is 0.429. The number of nitrogens with zero attached hydrogens (tertiary/aromatic N) is 1. The maximum atomic E-state index is 11.3. The minimum absolute atomic E-state index is 0.0800. The molecular formula is C7H10ClN3OS. The number of amides is 1. The maximum absolute atomic E-state index is 11.3. The van der Waals surface area contributed by atoms with E-state index in [0.29, 0.717) is 10.0 Å². The van der Waals surface area contributed by atoms with Crippen LogP contribution in [0.3, 0.4) is 0 Å². The molecule has 1 amide bonds. The second-order valence-electron chi connectivity index (χ2n) is 2.80. The number of rotatable bonds is 2. The highest BCUT2D eigenvalue weighted by atomic mass is 35.5. The van der Waals surface area contributed by atoms with Gasteiger partial charge in [-0.05, 0) is 13.8 Å². The third-order valence-electron chi connectivity index (χ3n) is 1.22. The van der Waals surface area contributed by atoms with Gasteiger partial charge in [0.05, 0.1) is 0 Å². The van der Waals surface area contributed by atoms with Crippen LogP contribution in [0.4, 0.5) is 5.00 Å². The topological polar surface area (TPSA) is 68.0 Å². The zero-order chi connectivity index (χ0) is 10.0. The van der Waals surface area contributed by atoms with Crippen LogP contribution in [0.15, 0.2) is 0 Å². The Hall–Kier alpha value is -0.810. The number of carbonyl (C=O) groups excluding carboxylic acids is 1. The molecule has 0 unspecified atom stereocenters. The number of halogens is 1. The first-order valence-corrected chi connectivity index (χ1v) is 4.93. The third kappa shape index (κ3) is 2.57. The number of nitrogen functional groups attached to an aromatic ring is 1. The quantitative estimate of drug-likeness (QED) is 0.793. The van der Waals surface area contributed by atoms with Gasteiger partial charge in [0.1, 0.15) is 5.00 Å². The molecule has 3 N–H and O–H groups in total. The first-order chi connectivity index (χ1) is 6.00. The summed E-state index contributed by atoms with van der Waals surface area (Å²) in [6.45, 7) is 3.74. The summed E-state index contributed by atoms with van der Waals surface area (Å²) >= 11 is 6.69. The molecular weight excluding hydrogens is 210 g/mol. The van der Waals surface area contributed by atoms with Crippen LogP contribution in [0, 0.1) is 0 Å². The van der Waals surface area contributed by atoms with E-state index in [1.807, 2.05) is 13.8 Å². The van der Waals surface area contributed by atoms with Gasteiger partial charge in [-0.15, -0.1) is 0 Å². The molecule has 13 heavy (non-hydrogen) atoms. The van der Waals surface area contributed by atoms with Crippen molar-refractivity contribution in [3.05, 3.63) is 10.2 Å². The Morgan fingerprint density at radius 1 is 1.69 bits per heavy atom. The number of carbonyl (C=O) groups is 1. The molecule has 1 rings (SSSR count). The largest absolute Gasteiger partial charge is 0.388 e. The molecule has 0 aromatic carbocycles. The second kappa shape index (κ2) is 3.93. The molecule has 1 aromatic heterocycles. The predicted molar refractivity (Wildman–Crippen MR) is 54.1 cm³/mol. The zero-order valence-corrected chi connectivity index (χ0v) is 8.87. The zero-order valence-electron chi connectivity index (χ0n) is 7.30. The fourth-order valence-corrected chi connectivity index (χ4v) is 1.61. The average molecular weight is 220 g/mol. The molecule has 6 heteroatoms. The van der Waals surface area contributed by atoms with E-state index in [1.165, 1.54) is 0 Å². The van der Waals surface area contributed by atoms with Gasteiger partial charge < -0.3 is 11.1 Å². The summed E-state index contributed by atoms with van der Waals surface area (Å²) in [5.74, 6) is -0.237. The van der Waals surface area contributed by atoms with Crippen molar-refractivity contribution < 1.29 is 4.79 Å². The van der Waals surface area contributed by atoms with Crippen molar-refractivity contribution in [1.82, 2.24) is 10.3 Å². The van der Waals surface area contributed by atoms with Crippen molar-refractivity contribution in [3.63, 3.8) is 0 Å². The van der Waals surface area contributed by atoms with Gasteiger partial charge in [0, 0.05) is 6.04 Å². The summed E-state index contributed by atoms with van der Waals surface area (Å²) in [6.07, 6.45) is 0. The van der Waals surface area contributed by atoms with E-state index in [4.69, 9.17) is 17.3 Å². The highest BCUT2D eigenvalue weighted by molar-refractivity contribution is 7.18. The van der Waals surface area contributed by atoms with Gasteiger partial charge in [-0.25, -0.2) is 4.98 Å². The molecule has 0 bridgehead atoms. The van der Waals surface area contributed by atoms with Crippen molar-refractivity contribution in [3.8, 4) is 0 Å². The van der Waals surface area contributed by atoms with Gasteiger partial charge in [0.2, 0.25) is 0 Å². The molecule has 0 fully saturated rings. The van der Waals surface area contributed by atoms with Crippen LogP contribution in [-0.4, -0.2) is 16.9 Å². The first kappa shape index (κ1) is 10.3. The Labute approximate surface area is 85.1 Å². The van der Waals surface area contributed by atoms with E-state index in [-0.39, 0.29) is 17.1 Å². The van der Waals surface area contributed by atoms with Gasteiger partial charge in [-0.3, -0.25) is 4.79 Å². The predicted octanol–water partition coefficient (Wildman–Crippen LogP) is 1.52. The lowest BCUT2D eigenvalue weighted by Gasteiger charge is -2.04. The molecule has 0 saturated carbocycles. The lowest BCUT2D eigenvalue weighted by atomic mass is 10.4. The summed E-state index contributed by atoms with van der Waals surface area (Å²) in [5, 5.41) is 3.56. The third-order valence-corrected chi connectivity index (χ3v) is 2.51. The summed E-state index contributed by atoms with van der Waals surface area (Å²) in [4.78, 5) is 15.2. The molecule has 1 heterocycles. The van der Waals surface area contributed by atoms with Gasteiger partial charge in [0.25, 0.3) is 5.91 Å². The van der Waals surface area contributed by atoms with E-state index < -0.39 is 0 Å². The Bertz CT molecular complexity index is 304. The SMILES string of the molecule is CC(C)NC(=O)c1nc(Cl)c(N)s1. The summed E-state index contributed by atoms with van der Waals surface area (Å²) in [5.41, 5.74) is 5.45. The first-order valence-electron chi connectivity index (χ1n) is 3.73. The number of hydrogen-bond acceptors (Lipinski definition) is 4. The maximum Gasteiger partial charge on any atom is 0.280 e. The van der Waals surface area contributed by atoms with Crippen LogP contribution in [0.5, 0.6) is 0 Å². The number of anilines is 1. The van der Waals surface area contributed by atoms with Gasteiger partial charge in [0.15, 0.2) is 10.2 Å². The summed E-state index contributed by atoms with van der Waals surface area (Å²) in [6, 6.07) is 0.0800. The molecule has 0 atom stereocenters. The Kier molecular flexibility index (Phi) is 3.11. The van der Waals surface area contributed by atoms with Crippen molar-refractivity contribution in [1.29, 1.82) is 0 Å². The average Bonchev–Trinajstić information content (AvgIpc) is 2.31. The van der Waals surface area contributed by atoms with Crippen LogP contribution in [-0.2, 0) is 0 Å². The van der Waals surface area contributed by atoms with Gasteiger partial charge >= 0.3 is 0 Å². The number of nitrogens with two attached hydrogens (primary N) is 1. The molecule has 72 valence electrons. The molecule has 0 aliphatic rings. The highest BCUT2D eigenvalue weighted by Crippen LogP contribution is 2.24. The fourth-order valence-electron chi connectivity index (χ4n) is 0.734. The summed E-state index contributed by atoms with van der Waals surface area (Å²) in [7, 11) is 0. The Balaban J connectivity index is 2.77. The summed E-state index contributed by atoms with van der Waals surface area (Å²) < 4.78 is 0. The second-order valence-corrected chi connectivity index (χ2v) is 4.19. The minimum Gasteiger partial charge on any atom is -0.388 e. The molecule has 0 aliphatic carbocycles. The van der Waals surface area contributed by atoms with E-state index >= 15 is 0 Å². The number of nitrogens with one attached hydrogen (secondary N) is 1. The van der Waals surface area contributed by atoms with Crippen LogP contribution in [0.1, 0.15) is 23.6 Å². The molecule has 0 spiro atoms. The van der Waals surface area contributed by atoms with Crippen LogP contribution in [0.2, 0.25) is 5.15 Å². The standard InChI is InChI=1S/C7H10ClN3OS/c1-3(2)10-6(12)7-11-4(8)5(9)13-7/h3H,9H2,1-2H3,(H,10,12). The van der Waals surface area contributed by atoms with Gasteiger partial charge in [-0.2, -0.15) is 0 Å². The molecule has 0 radical (unpaired) electrons. The lowest BCUT2D eigenvalue weighted by Crippen LogP contribution is -2.29. The Morgan fingerprint density at radius 3 is 2.69 bits per heavy atom. The monoisotopic (exact) mass is 219 g/mol. The van der Waals surface area contributed by atoms with E-state index in [0.717, 1.165) is 11.3 Å². The normalized spacial score (nSPS) is 10.5. The number of aromatic nitrogens is 1. The van der Waals surface area contributed by atoms with Crippen molar-refractivity contribution in [2.24, 2.45) is 0 Å². The smallest absolute Gasteiger partial charge is 0.280 e. The van der Waals surface area contributed by atoms with Crippen LogP contribution < -0.4 is 11.1 Å². The van der Waals surface area contributed by atoms with Crippen LogP contribution >= 0.6 is 22.9 Å². The minimum atomic E-state index is -0.237. The van der Waals surface area contributed by atoms with Gasteiger partial charge in [-0.1, -0.05) is 22.9 Å².